The number of hydrogen-bond donors (Lipinski definition) is 2. The Labute approximate surface area is 123 Å². The van der Waals surface area contributed by atoms with Crippen molar-refractivity contribution >= 4 is 17.0 Å². The summed E-state index contributed by atoms with van der Waals surface area (Å²) in [6.45, 7) is 4.15. The average Bonchev–Trinajstić information content (AvgIpc) is 3.22. The van der Waals surface area contributed by atoms with Gasteiger partial charge in [-0.3, -0.25) is 0 Å². The molecule has 1 saturated carbocycles. The SMILES string of the molecule is CC(C)C(CO)n1c(C2CC2)nc2ccc(C(=O)O)cc21. The van der Waals surface area contributed by atoms with Crippen LogP contribution in [0.25, 0.3) is 11.0 Å². The van der Waals surface area contributed by atoms with E-state index in [4.69, 9.17) is 0 Å². The topological polar surface area (TPSA) is 75.3 Å². The van der Waals surface area contributed by atoms with Crippen LogP contribution < -0.4 is 0 Å². The van der Waals surface area contributed by atoms with Crippen LogP contribution in [-0.2, 0) is 0 Å². The Bertz CT molecular complexity index is 686. The summed E-state index contributed by atoms with van der Waals surface area (Å²) >= 11 is 0. The zero-order chi connectivity index (χ0) is 15.1. The molecule has 0 aliphatic heterocycles. The molecule has 21 heavy (non-hydrogen) atoms. The van der Waals surface area contributed by atoms with Gasteiger partial charge in [-0.25, -0.2) is 9.78 Å². The Morgan fingerprint density at radius 1 is 1.43 bits per heavy atom. The molecule has 1 aromatic carbocycles. The Morgan fingerprint density at radius 3 is 2.67 bits per heavy atom. The third kappa shape index (κ3) is 2.42. The van der Waals surface area contributed by atoms with E-state index in [-0.39, 0.29) is 24.1 Å². The lowest BCUT2D eigenvalue weighted by Crippen LogP contribution is -2.21. The van der Waals surface area contributed by atoms with Crippen LogP contribution in [-0.4, -0.2) is 32.3 Å². The summed E-state index contributed by atoms with van der Waals surface area (Å²) in [5.41, 5.74) is 1.87. The zero-order valence-electron chi connectivity index (χ0n) is 12.3. The third-order valence-electron chi connectivity index (χ3n) is 4.19. The second-order valence-electron chi connectivity index (χ2n) is 6.12. The van der Waals surface area contributed by atoms with Crippen LogP contribution in [0.4, 0.5) is 0 Å². The van der Waals surface area contributed by atoms with Gasteiger partial charge in [-0.15, -0.1) is 0 Å². The molecule has 2 aromatic rings. The third-order valence-corrected chi connectivity index (χ3v) is 4.19. The van der Waals surface area contributed by atoms with Gasteiger partial charge in [-0.2, -0.15) is 0 Å². The number of carboxylic acid groups (broad SMARTS) is 1. The number of imidazole rings is 1. The van der Waals surface area contributed by atoms with E-state index in [0.717, 1.165) is 29.7 Å². The Kier molecular flexibility index (Phi) is 3.45. The number of nitrogens with zero attached hydrogens (tertiary/aromatic N) is 2. The lowest BCUT2D eigenvalue weighted by molar-refractivity contribution is 0.0697. The number of rotatable bonds is 5. The van der Waals surface area contributed by atoms with E-state index >= 15 is 0 Å². The first-order valence-corrected chi connectivity index (χ1v) is 7.39. The van der Waals surface area contributed by atoms with Crippen LogP contribution in [0.1, 0.15) is 54.8 Å². The van der Waals surface area contributed by atoms with Crippen LogP contribution in [0, 0.1) is 5.92 Å². The van der Waals surface area contributed by atoms with Gasteiger partial charge < -0.3 is 14.8 Å². The van der Waals surface area contributed by atoms with Crippen molar-refractivity contribution < 1.29 is 15.0 Å². The first kappa shape index (κ1) is 14.1. The molecular weight excluding hydrogens is 268 g/mol. The number of benzene rings is 1. The van der Waals surface area contributed by atoms with Gasteiger partial charge in [0.05, 0.1) is 29.2 Å². The lowest BCUT2D eigenvalue weighted by atomic mass is 10.0. The number of hydrogen-bond acceptors (Lipinski definition) is 3. The van der Waals surface area contributed by atoms with E-state index in [0.29, 0.717) is 5.92 Å². The molecule has 0 amide bonds. The molecule has 1 unspecified atom stereocenters. The minimum atomic E-state index is -0.942. The molecule has 112 valence electrons. The number of aromatic carboxylic acids is 1. The van der Waals surface area contributed by atoms with Crippen LogP contribution in [0.3, 0.4) is 0 Å². The molecule has 3 rings (SSSR count). The quantitative estimate of drug-likeness (QED) is 0.887. The first-order valence-electron chi connectivity index (χ1n) is 7.39. The van der Waals surface area contributed by atoms with Gasteiger partial charge in [0, 0.05) is 5.92 Å². The summed E-state index contributed by atoms with van der Waals surface area (Å²) in [5.74, 6) is 0.736. The molecule has 0 spiro atoms. The van der Waals surface area contributed by atoms with E-state index in [2.05, 4.69) is 23.4 Å². The standard InChI is InChI=1S/C16H20N2O3/c1-9(2)14(8-19)18-13-7-11(16(20)21)5-6-12(13)17-15(18)10-3-4-10/h5-7,9-10,14,19H,3-4,8H2,1-2H3,(H,20,21). The van der Waals surface area contributed by atoms with Gasteiger partial charge in [-0.05, 0) is 37.0 Å². The maximum absolute atomic E-state index is 11.2. The molecule has 2 N–H and O–H groups in total. The van der Waals surface area contributed by atoms with E-state index in [9.17, 15) is 15.0 Å². The van der Waals surface area contributed by atoms with E-state index in [1.165, 1.54) is 0 Å². The van der Waals surface area contributed by atoms with Gasteiger partial charge in [0.25, 0.3) is 0 Å². The van der Waals surface area contributed by atoms with Crippen LogP contribution in [0.5, 0.6) is 0 Å². The molecule has 0 bridgehead atoms. The second kappa shape index (κ2) is 5.15. The van der Waals surface area contributed by atoms with Gasteiger partial charge >= 0.3 is 5.97 Å². The molecule has 1 fully saturated rings. The number of carboxylic acids is 1. The summed E-state index contributed by atoms with van der Waals surface area (Å²) < 4.78 is 2.06. The van der Waals surface area contributed by atoms with Gasteiger partial charge in [0.1, 0.15) is 5.82 Å². The van der Waals surface area contributed by atoms with E-state index in [1.54, 1.807) is 18.2 Å². The fourth-order valence-corrected chi connectivity index (χ4v) is 2.81. The number of fused-ring (bicyclic) bond motifs is 1. The Hall–Kier alpha value is -1.88. The Balaban J connectivity index is 2.23. The van der Waals surface area contributed by atoms with Crippen LogP contribution in [0.2, 0.25) is 0 Å². The largest absolute Gasteiger partial charge is 0.478 e. The molecule has 1 aromatic heterocycles. The summed E-state index contributed by atoms with van der Waals surface area (Å²) in [5, 5.41) is 19.0. The maximum Gasteiger partial charge on any atom is 0.335 e. The fraction of sp³-hybridized carbons (Fsp3) is 0.500. The number of carbonyl (C=O) groups is 1. The number of aromatic nitrogens is 2. The maximum atomic E-state index is 11.2. The highest BCUT2D eigenvalue weighted by molar-refractivity contribution is 5.92. The molecule has 0 radical (unpaired) electrons. The van der Waals surface area contributed by atoms with E-state index in [1.807, 2.05) is 0 Å². The predicted octanol–water partition coefficient (Wildman–Crippen LogP) is 2.80. The molecule has 5 nitrogen and oxygen atoms in total. The van der Waals surface area contributed by atoms with Crippen molar-refractivity contribution in [3.63, 3.8) is 0 Å². The predicted molar refractivity (Wildman–Crippen MR) is 79.6 cm³/mol. The van der Waals surface area contributed by atoms with Crippen LogP contribution in [0.15, 0.2) is 18.2 Å². The minimum absolute atomic E-state index is 0.0279. The van der Waals surface area contributed by atoms with Gasteiger partial charge in [-0.1, -0.05) is 13.8 Å². The van der Waals surface area contributed by atoms with Crippen molar-refractivity contribution in [1.29, 1.82) is 0 Å². The fourth-order valence-electron chi connectivity index (χ4n) is 2.81. The molecule has 5 heteroatoms. The van der Waals surface area contributed by atoms with Crippen molar-refractivity contribution in [3.05, 3.63) is 29.6 Å². The molecule has 0 saturated heterocycles. The highest BCUT2D eigenvalue weighted by Crippen LogP contribution is 2.42. The smallest absolute Gasteiger partial charge is 0.335 e. The zero-order valence-corrected chi connectivity index (χ0v) is 12.3. The summed E-state index contributed by atoms with van der Waals surface area (Å²) in [4.78, 5) is 15.9. The molecular formula is C16H20N2O3. The average molecular weight is 288 g/mol. The molecule has 1 aliphatic carbocycles. The molecule has 1 atom stereocenters. The van der Waals surface area contributed by atoms with Crippen molar-refractivity contribution in [2.45, 2.75) is 38.6 Å². The summed E-state index contributed by atoms with van der Waals surface area (Å²) in [6, 6.07) is 4.94. The van der Waals surface area contributed by atoms with Crippen molar-refractivity contribution in [2.75, 3.05) is 6.61 Å². The van der Waals surface area contributed by atoms with Gasteiger partial charge in [0.2, 0.25) is 0 Å². The highest BCUT2D eigenvalue weighted by atomic mass is 16.4. The number of aliphatic hydroxyl groups is 1. The minimum Gasteiger partial charge on any atom is -0.478 e. The summed E-state index contributed by atoms with van der Waals surface area (Å²) in [7, 11) is 0. The van der Waals surface area contributed by atoms with Crippen molar-refractivity contribution in [2.24, 2.45) is 5.92 Å². The normalized spacial score (nSPS) is 16.6. The summed E-state index contributed by atoms with van der Waals surface area (Å²) in [6.07, 6.45) is 2.23. The van der Waals surface area contributed by atoms with Crippen molar-refractivity contribution in [3.8, 4) is 0 Å². The first-order chi connectivity index (χ1) is 10.0. The van der Waals surface area contributed by atoms with Crippen molar-refractivity contribution in [1.82, 2.24) is 9.55 Å². The monoisotopic (exact) mass is 288 g/mol. The van der Waals surface area contributed by atoms with Crippen LogP contribution >= 0.6 is 0 Å². The highest BCUT2D eigenvalue weighted by Gasteiger charge is 2.32. The second-order valence-corrected chi connectivity index (χ2v) is 6.12. The number of aliphatic hydroxyl groups excluding tert-OH is 1. The molecule has 1 aliphatic rings. The Morgan fingerprint density at radius 2 is 2.14 bits per heavy atom. The molecule has 1 heterocycles. The lowest BCUT2D eigenvalue weighted by Gasteiger charge is -2.23. The van der Waals surface area contributed by atoms with Gasteiger partial charge in [0.15, 0.2) is 0 Å². The van der Waals surface area contributed by atoms with E-state index < -0.39 is 5.97 Å².